The molecule has 0 spiro atoms. The molecule has 0 saturated heterocycles. The Labute approximate surface area is 244 Å². The second-order valence-corrected chi connectivity index (χ2v) is 10.3. The topological polar surface area (TPSA) is 122 Å². The third-order valence-corrected chi connectivity index (χ3v) is 7.79. The van der Waals surface area contributed by atoms with E-state index in [9.17, 15) is 19.7 Å². The minimum absolute atomic E-state index is 0.0116. The molecule has 42 heavy (non-hydrogen) atoms. The number of ether oxygens (including phenoxy) is 3. The second-order valence-electron chi connectivity index (χ2n) is 9.29. The molecule has 0 saturated carbocycles. The van der Waals surface area contributed by atoms with E-state index in [0.717, 1.165) is 11.1 Å². The van der Waals surface area contributed by atoms with Gasteiger partial charge in [0.15, 0.2) is 16.3 Å². The van der Waals surface area contributed by atoms with Crippen molar-refractivity contribution in [2.75, 3.05) is 14.2 Å². The van der Waals surface area contributed by atoms with Crippen molar-refractivity contribution in [2.24, 2.45) is 4.99 Å². The molecule has 0 amide bonds. The number of thiazole rings is 1. The van der Waals surface area contributed by atoms with Crippen LogP contribution in [0, 0.1) is 10.1 Å². The van der Waals surface area contributed by atoms with Crippen molar-refractivity contribution < 1.29 is 23.9 Å². The van der Waals surface area contributed by atoms with Crippen LogP contribution in [0.1, 0.15) is 36.1 Å². The fourth-order valence-electron chi connectivity index (χ4n) is 4.79. The number of esters is 1. The maximum absolute atomic E-state index is 14.0. The van der Waals surface area contributed by atoms with Crippen LogP contribution < -0.4 is 24.4 Å². The van der Waals surface area contributed by atoms with Gasteiger partial charge >= 0.3 is 5.97 Å². The normalized spacial score (nSPS) is 14.6. The highest BCUT2D eigenvalue weighted by molar-refractivity contribution is 7.07. The van der Waals surface area contributed by atoms with Gasteiger partial charge in [0, 0.05) is 17.7 Å². The zero-order chi connectivity index (χ0) is 29.8. The Bertz CT molecular complexity index is 1860. The van der Waals surface area contributed by atoms with Gasteiger partial charge in [0.25, 0.3) is 11.2 Å². The number of nitro benzene ring substituents is 1. The monoisotopic (exact) mass is 585 g/mol. The quantitative estimate of drug-likeness (QED) is 0.163. The number of methoxy groups -OCH3 is 2. The van der Waals surface area contributed by atoms with Gasteiger partial charge in [0.2, 0.25) is 0 Å². The van der Waals surface area contributed by atoms with Crippen molar-refractivity contribution in [1.29, 1.82) is 0 Å². The van der Waals surface area contributed by atoms with Gasteiger partial charge in [-0.3, -0.25) is 19.5 Å². The lowest BCUT2D eigenvalue weighted by molar-refractivity contribution is -0.384. The van der Waals surface area contributed by atoms with Gasteiger partial charge in [0.1, 0.15) is 6.61 Å². The van der Waals surface area contributed by atoms with Gasteiger partial charge in [0.05, 0.1) is 41.0 Å². The second kappa shape index (κ2) is 12.2. The van der Waals surface area contributed by atoms with E-state index in [1.165, 1.54) is 42.3 Å². The summed E-state index contributed by atoms with van der Waals surface area (Å²) in [5, 5.41) is 11.0. The van der Waals surface area contributed by atoms with E-state index in [2.05, 4.69) is 0 Å². The number of fused-ring (bicyclic) bond motifs is 1. The third-order valence-electron chi connectivity index (χ3n) is 6.81. The zero-order valence-electron chi connectivity index (χ0n) is 23.1. The van der Waals surface area contributed by atoms with Crippen LogP contribution in [0.2, 0.25) is 0 Å². The highest BCUT2D eigenvalue weighted by Crippen LogP contribution is 2.33. The molecule has 0 unspecified atom stereocenters. The Balaban J connectivity index is 1.61. The van der Waals surface area contributed by atoms with Crippen LogP contribution in [0.25, 0.3) is 6.08 Å². The Morgan fingerprint density at radius 3 is 2.45 bits per heavy atom. The molecule has 10 nitrogen and oxygen atoms in total. The molecule has 1 aliphatic heterocycles. The smallest absolute Gasteiger partial charge is 0.338 e. The highest BCUT2D eigenvalue weighted by atomic mass is 32.1. The van der Waals surface area contributed by atoms with E-state index in [4.69, 9.17) is 19.2 Å². The van der Waals surface area contributed by atoms with Crippen LogP contribution in [-0.2, 0) is 16.1 Å². The summed E-state index contributed by atoms with van der Waals surface area (Å²) in [5.74, 6) is 0.337. The molecule has 1 atom stereocenters. The number of hydrogen-bond acceptors (Lipinski definition) is 9. The Morgan fingerprint density at radius 2 is 1.81 bits per heavy atom. The summed E-state index contributed by atoms with van der Waals surface area (Å²) < 4.78 is 18.7. The minimum Gasteiger partial charge on any atom is -0.493 e. The van der Waals surface area contributed by atoms with Crippen molar-refractivity contribution in [3.63, 3.8) is 0 Å². The molecule has 0 aliphatic carbocycles. The average Bonchev–Trinajstić information content (AvgIpc) is 3.33. The van der Waals surface area contributed by atoms with E-state index in [1.807, 2.05) is 37.3 Å². The average molecular weight is 586 g/mol. The number of rotatable bonds is 9. The Hall–Kier alpha value is -5.03. The number of aromatic nitrogens is 1. The number of para-hydroxylation sites is 1. The number of carbonyl (C=O) groups excluding carboxylic acids is 1. The molecule has 0 radical (unpaired) electrons. The molecule has 1 aliphatic rings. The first-order valence-corrected chi connectivity index (χ1v) is 13.9. The molecular weight excluding hydrogens is 558 g/mol. The molecule has 0 N–H and O–H groups in total. The maximum Gasteiger partial charge on any atom is 0.338 e. The fourth-order valence-corrected chi connectivity index (χ4v) is 5.80. The first-order chi connectivity index (χ1) is 20.4. The lowest BCUT2D eigenvalue weighted by atomic mass is 9.95. The van der Waals surface area contributed by atoms with Gasteiger partial charge < -0.3 is 14.2 Å². The van der Waals surface area contributed by atoms with Crippen molar-refractivity contribution in [3.05, 3.63) is 131 Å². The standard InChI is InChI=1S/C31H27N3O7S/c1-4-23-26(30(36)40-3)27(20-9-6-5-7-10-20)33-29(35)25(42-31(33)32-23)17-21-11-8-12-24(39-2)28(21)41-18-19-13-15-22(16-14-19)34(37)38/h5-17,27H,4,18H2,1-3H3/b25-17+/t27-/m0/s1. The first-order valence-electron chi connectivity index (χ1n) is 13.1. The van der Waals surface area contributed by atoms with Gasteiger partial charge in [-0.25, -0.2) is 9.79 Å². The summed E-state index contributed by atoms with van der Waals surface area (Å²) in [6.07, 6.45) is 2.20. The summed E-state index contributed by atoms with van der Waals surface area (Å²) >= 11 is 1.22. The highest BCUT2D eigenvalue weighted by Gasteiger charge is 2.33. The maximum atomic E-state index is 14.0. The van der Waals surface area contributed by atoms with Crippen LogP contribution in [0.5, 0.6) is 11.5 Å². The molecule has 4 aromatic rings. The summed E-state index contributed by atoms with van der Waals surface area (Å²) in [5.41, 5.74) is 2.66. The van der Waals surface area contributed by atoms with Crippen molar-refractivity contribution in [3.8, 4) is 11.5 Å². The van der Waals surface area contributed by atoms with E-state index in [0.29, 0.717) is 44.1 Å². The van der Waals surface area contributed by atoms with Crippen LogP contribution >= 0.6 is 11.3 Å². The molecule has 3 aromatic carbocycles. The molecule has 5 rings (SSSR count). The molecule has 0 fully saturated rings. The third kappa shape index (κ3) is 5.46. The number of carbonyl (C=O) groups is 1. The lowest BCUT2D eigenvalue weighted by Crippen LogP contribution is -2.40. The molecule has 11 heteroatoms. The summed E-state index contributed by atoms with van der Waals surface area (Å²) in [4.78, 5) is 42.6. The summed E-state index contributed by atoms with van der Waals surface area (Å²) in [7, 11) is 2.84. The summed E-state index contributed by atoms with van der Waals surface area (Å²) in [6.45, 7) is 2.03. The number of nitrogens with zero attached hydrogens (tertiary/aromatic N) is 3. The zero-order valence-corrected chi connectivity index (χ0v) is 23.9. The molecule has 1 aromatic heterocycles. The van der Waals surface area contributed by atoms with Crippen molar-refractivity contribution >= 4 is 29.1 Å². The van der Waals surface area contributed by atoms with E-state index < -0.39 is 16.9 Å². The molecule has 214 valence electrons. The summed E-state index contributed by atoms with van der Waals surface area (Å²) in [6, 6.07) is 20.0. The van der Waals surface area contributed by atoms with Crippen molar-refractivity contribution in [1.82, 2.24) is 4.57 Å². The number of nitro groups is 1. The van der Waals surface area contributed by atoms with E-state index in [1.54, 1.807) is 36.4 Å². The fraction of sp³-hybridized carbons (Fsp3) is 0.194. The number of hydrogen-bond donors (Lipinski definition) is 0. The number of allylic oxidation sites excluding steroid dienone is 1. The minimum atomic E-state index is -0.699. The first kappa shape index (κ1) is 28.5. The molecule has 0 bridgehead atoms. The molecule has 2 heterocycles. The van der Waals surface area contributed by atoms with E-state index >= 15 is 0 Å². The SMILES string of the molecule is CCC1=C(C(=O)OC)[C@H](c2ccccc2)n2c(s/c(=C/c3cccc(OC)c3OCc3ccc([N+](=O)[O-])cc3)c2=O)=N1. The van der Waals surface area contributed by atoms with Crippen molar-refractivity contribution in [2.45, 2.75) is 26.0 Å². The van der Waals surface area contributed by atoms with Gasteiger partial charge in [-0.1, -0.05) is 60.7 Å². The van der Waals surface area contributed by atoms with E-state index in [-0.39, 0.29) is 17.9 Å². The molecular formula is C31H27N3O7S. The Morgan fingerprint density at radius 1 is 1.07 bits per heavy atom. The van der Waals surface area contributed by atoms with Crippen LogP contribution in [0.3, 0.4) is 0 Å². The van der Waals surface area contributed by atoms with Gasteiger partial charge in [-0.15, -0.1) is 0 Å². The largest absolute Gasteiger partial charge is 0.493 e. The van der Waals surface area contributed by atoms with Gasteiger partial charge in [-0.05, 0) is 41.8 Å². The van der Waals surface area contributed by atoms with Crippen LogP contribution in [0.4, 0.5) is 5.69 Å². The predicted octanol–water partition coefficient (Wildman–Crippen LogP) is 4.29. The number of non-ortho nitro benzene ring substituents is 1. The Kier molecular flexibility index (Phi) is 8.30. The van der Waals surface area contributed by atoms with Gasteiger partial charge in [-0.2, -0.15) is 0 Å². The van der Waals surface area contributed by atoms with Crippen LogP contribution in [0.15, 0.2) is 93.9 Å². The number of benzene rings is 3. The predicted molar refractivity (Wildman–Crippen MR) is 157 cm³/mol. The van der Waals surface area contributed by atoms with Crippen LogP contribution in [-0.4, -0.2) is 29.7 Å². The lowest BCUT2D eigenvalue weighted by Gasteiger charge is -2.25.